The molecule has 1 N–H and O–H groups in total. The lowest BCUT2D eigenvalue weighted by atomic mass is 9.96. The Morgan fingerprint density at radius 1 is 0.900 bits per heavy atom. The van der Waals surface area contributed by atoms with Gasteiger partial charge in [-0.2, -0.15) is 0 Å². The van der Waals surface area contributed by atoms with E-state index in [4.69, 9.17) is 23.7 Å². The largest absolute Gasteiger partial charge is 0.469 e. The molecule has 12 heteroatoms. The third kappa shape index (κ3) is 8.33. The maximum absolute atomic E-state index is 11.7. The molecule has 0 aromatic rings. The first-order valence-corrected chi connectivity index (χ1v) is 9.14. The van der Waals surface area contributed by atoms with Gasteiger partial charge in [-0.15, -0.1) is 0 Å². The molecular weight excluding hydrogens is 406 g/mol. The van der Waals surface area contributed by atoms with Crippen LogP contribution in [0.2, 0.25) is 0 Å². The minimum absolute atomic E-state index is 0.108. The summed E-state index contributed by atoms with van der Waals surface area (Å²) in [5, 5.41) is 2.55. The number of hydrogen-bond donors (Lipinski definition) is 1. The second-order valence-corrected chi connectivity index (χ2v) is 6.42. The quantitative estimate of drug-likeness (QED) is 0.360. The Morgan fingerprint density at radius 2 is 1.50 bits per heavy atom. The average Bonchev–Trinajstić information content (AvgIpc) is 2.63. The number of rotatable bonds is 9. The standard InChI is InChI=1S/C18H27NO11/c1-9(20)19-15-17(29-12(4)23)16(28-11(3)22)13(8-27-10(2)21)30-18(15)26-7-6-14(24)25-5/h13,15-18H,6-8H2,1-5H3,(H,19,20)/t13?,15?,16-,17?,18+/m0/s1. The van der Waals surface area contributed by atoms with Crippen LogP contribution in [0, 0.1) is 0 Å². The van der Waals surface area contributed by atoms with Crippen molar-refractivity contribution in [1.82, 2.24) is 5.32 Å². The van der Waals surface area contributed by atoms with E-state index in [2.05, 4.69) is 10.1 Å². The molecule has 0 aromatic heterocycles. The summed E-state index contributed by atoms with van der Waals surface area (Å²) in [5.41, 5.74) is 0. The van der Waals surface area contributed by atoms with E-state index in [1.54, 1.807) is 0 Å². The van der Waals surface area contributed by atoms with Gasteiger partial charge >= 0.3 is 23.9 Å². The topological polar surface area (TPSA) is 153 Å². The second-order valence-electron chi connectivity index (χ2n) is 6.42. The van der Waals surface area contributed by atoms with Gasteiger partial charge in [0.15, 0.2) is 18.5 Å². The first-order valence-electron chi connectivity index (χ1n) is 9.14. The predicted molar refractivity (Wildman–Crippen MR) is 96.6 cm³/mol. The van der Waals surface area contributed by atoms with Crippen molar-refractivity contribution >= 4 is 29.8 Å². The molecule has 0 saturated carbocycles. The summed E-state index contributed by atoms with van der Waals surface area (Å²) < 4.78 is 31.4. The highest BCUT2D eigenvalue weighted by molar-refractivity contribution is 5.73. The van der Waals surface area contributed by atoms with Crippen molar-refractivity contribution in [3.05, 3.63) is 0 Å². The van der Waals surface area contributed by atoms with Crippen molar-refractivity contribution in [2.75, 3.05) is 20.3 Å². The molecule has 0 spiro atoms. The van der Waals surface area contributed by atoms with Crippen LogP contribution in [0.4, 0.5) is 0 Å². The Hall–Kier alpha value is -2.73. The third-order valence-electron chi connectivity index (χ3n) is 3.89. The number of nitrogens with one attached hydrogen (secondary N) is 1. The Bertz CT molecular complexity index is 650. The Labute approximate surface area is 173 Å². The minimum atomic E-state index is -1.22. The molecule has 30 heavy (non-hydrogen) atoms. The molecule has 1 amide bonds. The van der Waals surface area contributed by atoms with Crippen LogP contribution in [0.15, 0.2) is 0 Å². The normalized spacial score (nSPS) is 25.6. The van der Waals surface area contributed by atoms with Gasteiger partial charge in [-0.05, 0) is 0 Å². The summed E-state index contributed by atoms with van der Waals surface area (Å²) in [7, 11) is 1.22. The van der Waals surface area contributed by atoms with E-state index in [1.807, 2.05) is 0 Å². The molecule has 1 aliphatic rings. The summed E-state index contributed by atoms with van der Waals surface area (Å²) in [4.78, 5) is 57.6. The molecule has 1 saturated heterocycles. The van der Waals surface area contributed by atoms with E-state index in [-0.39, 0.29) is 19.6 Å². The van der Waals surface area contributed by atoms with Gasteiger partial charge in [0.2, 0.25) is 5.91 Å². The van der Waals surface area contributed by atoms with E-state index in [1.165, 1.54) is 21.0 Å². The number of carbonyl (C=O) groups excluding carboxylic acids is 5. The molecule has 3 unspecified atom stereocenters. The van der Waals surface area contributed by atoms with E-state index in [0.717, 1.165) is 13.8 Å². The molecule has 5 atom stereocenters. The first kappa shape index (κ1) is 25.3. The zero-order valence-electron chi connectivity index (χ0n) is 17.5. The van der Waals surface area contributed by atoms with Gasteiger partial charge in [-0.25, -0.2) is 0 Å². The van der Waals surface area contributed by atoms with Crippen molar-refractivity contribution in [2.45, 2.75) is 64.8 Å². The highest BCUT2D eigenvalue weighted by Crippen LogP contribution is 2.28. The fourth-order valence-electron chi connectivity index (χ4n) is 2.79. The van der Waals surface area contributed by atoms with Gasteiger partial charge in [0.05, 0.1) is 20.1 Å². The predicted octanol–water partition coefficient (Wildman–Crippen LogP) is -0.778. The van der Waals surface area contributed by atoms with Crippen LogP contribution in [-0.4, -0.2) is 80.8 Å². The van der Waals surface area contributed by atoms with E-state index in [0.29, 0.717) is 0 Å². The summed E-state index contributed by atoms with van der Waals surface area (Å²) in [6, 6.07) is -1.08. The minimum Gasteiger partial charge on any atom is -0.469 e. The summed E-state index contributed by atoms with van der Waals surface area (Å²) in [6.07, 6.45) is -4.81. The van der Waals surface area contributed by atoms with Gasteiger partial charge in [0.25, 0.3) is 0 Å². The van der Waals surface area contributed by atoms with Crippen molar-refractivity contribution < 1.29 is 52.4 Å². The molecule has 0 radical (unpaired) electrons. The molecule has 1 heterocycles. The SMILES string of the molecule is COC(=O)CCO[C@@H]1OC(COC(C)=O)[C@H](OC(C)=O)C(OC(C)=O)C1NC(C)=O. The molecule has 0 aromatic carbocycles. The lowest BCUT2D eigenvalue weighted by Crippen LogP contribution is -2.66. The van der Waals surface area contributed by atoms with Crippen LogP contribution in [-0.2, 0) is 52.4 Å². The lowest BCUT2D eigenvalue weighted by molar-refractivity contribution is -0.277. The Kier molecular flexibility index (Phi) is 10.2. The van der Waals surface area contributed by atoms with Crippen LogP contribution in [0.5, 0.6) is 0 Å². The Balaban J connectivity index is 3.20. The maximum Gasteiger partial charge on any atom is 0.307 e. The molecule has 1 aliphatic heterocycles. The number of hydrogen-bond acceptors (Lipinski definition) is 11. The molecule has 170 valence electrons. The number of amides is 1. The third-order valence-corrected chi connectivity index (χ3v) is 3.89. The molecule has 12 nitrogen and oxygen atoms in total. The zero-order valence-corrected chi connectivity index (χ0v) is 17.5. The van der Waals surface area contributed by atoms with Crippen molar-refractivity contribution in [3.63, 3.8) is 0 Å². The van der Waals surface area contributed by atoms with Gasteiger partial charge < -0.3 is 33.7 Å². The van der Waals surface area contributed by atoms with E-state index >= 15 is 0 Å². The van der Waals surface area contributed by atoms with Crippen LogP contribution < -0.4 is 5.32 Å². The van der Waals surface area contributed by atoms with Crippen LogP contribution in [0.3, 0.4) is 0 Å². The van der Waals surface area contributed by atoms with Gasteiger partial charge in [0.1, 0.15) is 18.8 Å². The van der Waals surface area contributed by atoms with Gasteiger partial charge in [-0.3, -0.25) is 24.0 Å². The smallest absolute Gasteiger partial charge is 0.307 e. The molecular formula is C18H27NO11. The zero-order chi connectivity index (χ0) is 22.8. The van der Waals surface area contributed by atoms with Crippen LogP contribution in [0.1, 0.15) is 34.1 Å². The molecule has 1 rings (SSSR count). The lowest BCUT2D eigenvalue weighted by Gasteiger charge is -2.44. The van der Waals surface area contributed by atoms with Crippen LogP contribution >= 0.6 is 0 Å². The van der Waals surface area contributed by atoms with Crippen molar-refractivity contribution in [3.8, 4) is 0 Å². The highest BCUT2D eigenvalue weighted by Gasteiger charge is 2.51. The number of methoxy groups -OCH3 is 1. The Morgan fingerprint density at radius 3 is 2.00 bits per heavy atom. The molecule has 0 bridgehead atoms. The maximum atomic E-state index is 11.7. The first-order chi connectivity index (χ1) is 14.0. The average molecular weight is 433 g/mol. The number of esters is 4. The number of ether oxygens (including phenoxy) is 6. The van der Waals surface area contributed by atoms with Crippen LogP contribution in [0.25, 0.3) is 0 Å². The van der Waals surface area contributed by atoms with Crippen molar-refractivity contribution in [1.29, 1.82) is 0 Å². The molecule has 0 aliphatic carbocycles. The summed E-state index contributed by atoms with van der Waals surface area (Å²) in [6.45, 7) is 4.20. The fourth-order valence-corrected chi connectivity index (χ4v) is 2.79. The highest BCUT2D eigenvalue weighted by atomic mass is 16.7. The number of carbonyl (C=O) groups is 5. The second kappa shape index (κ2) is 12.1. The van der Waals surface area contributed by atoms with E-state index in [9.17, 15) is 24.0 Å². The summed E-state index contributed by atoms with van der Waals surface area (Å²) >= 11 is 0. The van der Waals surface area contributed by atoms with Gasteiger partial charge in [-0.1, -0.05) is 0 Å². The van der Waals surface area contributed by atoms with Crippen molar-refractivity contribution in [2.24, 2.45) is 0 Å². The molecule has 1 fully saturated rings. The monoisotopic (exact) mass is 433 g/mol. The van der Waals surface area contributed by atoms with Gasteiger partial charge in [0, 0.05) is 27.7 Å². The summed E-state index contributed by atoms with van der Waals surface area (Å²) in [5.74, 6) is -3.07. The van der Waals surface area contributed by atoms with E-state index < -0.39 is 60.4 Å². The fraction of sp³-hybridized carbons (Fsp3) is 0.722.